The van der Waals surface area contributed by atoms with E-state index in [1.54, 1.807) is 11.1 Å². The van der Waals surface area contributed by atoms with Crippen LogP contribution >= 0.6 is 0 Å². The van der Waals surface area contributed by atoms with Crippen LogP contribution in [-0.4, -0.2) is 23.3 Å². The van der Waals surface area contributed by atoms with Gasteiger partial charge in [-0.25, -0.2) is 0 Å². The van der Waals surface area contributed by atoms with Crippen LogP contribution in [0.25, 0.3) is 0 Å². The van der Waals surface area contributed by atoms with Crippen molar-refractivity contribution in [1.82, 2.24) is 10.3 Å². The number of benzene rings is 1. The maximum Gasteiger partial charge on any atom is 0.227 e. The van der Waals surface area contributed by atoms with Crippen LogP contribution in [0, 0.1) is 5.92 Å². The Hall–Kier alpha value is -2.69. The molecule has 1 saturated heterocycles. The number of para-hydroxylation sites is 1. The van der Waals surface area contributed by atoms with Gasteiger partial charge in [0.05, 0.1) is 17.7 Å². The predicted octanol–water partition coefficient (Wildman–Crippen LogP) is 3.83. The Morgan fingerprint density at radius 3 is 2.67 bits per heavy atom. The maximum absolute atomic E-state index is 12.7. The van der Waals surface area contributed by atoms with E-state index < -0.39 is 0 Å². The molecule has 3 unspecified atom stereocenters. The third-order valence-corrected chi connectivity index (χ3v) is 5.36. The summed E-state index contributed by atoms with van der Waals surface area (Å²) in [5, 5.41) is 3.00. The van der Waals surface area contributed by atoms with Gasteiger partial charge in [-0.05, 0) is 43.0 Å². The molecule has 1 aliphatic rings. The average molecular weight is 365 g/mol. The van der Waals surface area contributed by atoms with E-state index in [0.29, 0.717) is 12.5 Å². The first-order valence-electron chi connectivity index (χ1n) is 9.61. The first kappa shape index (κ1) is 19.1. The van der Waals surface area contributed by atoms with Gasteiger partial charge in [0, 0.05) is 24.8 Å². The van der Waals surface area contributed by atoms with E-state index in [4.69, 9.17) is 0 Å². The fraction of sp³-hybridized carbons (Fsp3) is 0.409. The van der Waals surface area contributed by atoms with Crippen LogP contribution in [0.2, 0.25) is 0 Å². The minimum atomic E-state index is -0.339. The minimum absolute atomic E-state index is 0.0105. The standard InChI is InChI=1S/C22H27N3O2/c1-4-15(2)18-9-5-6-11-20(18)25-14-17(13-21(25)26)22(27)24-16(3)19-10-7-8-12-23-19/h5-12,15-17H,4,13-14H2,1-3H3,(H,24,27). The molecule has 1 N–H and O–H groups in total. The van der Waals surface area contributed by atoms with Crippen molar-refractivity contribution in [2.75, 3.05) is 11.4 Å². The highest BCUT2D eigenvalue weighted by Gasteiger charge is 2.36. The van der Waals surface area contributed by atoms with E-state index in [9.17, 15) is 9.59 Å². The number of pyridine rings is 1. The maximum atomic E-state index is 12.7. The topological polar surface area (TPSA) is 62.3 Å². The summed E-state index contributed by atoms with van der Waals surface area (Å²) in [4.78, 5) is 31.4. The van der Waals surface area contributed by atoms with Gasteiger partial charge >= 0.3 is 0 Å². The molecule has 0 saturated carbocycles. The molecule has 2 aromatic rings. The minimum Gasteiger partial charge on any atom is -0.348 e. The van der Waals surface area contributed by atoms with E-state index in [2.05, 4.69) is 30.2 Å². The van der Waals surface area contributed by atoms with Crippen molar-refractivity contribution >= 4 is 17.5 Å². The van der Waals surface area contributed by atoms with E-state index in [-0.39, 0.29) is 30.2 Å². The third kappa shape index (κ3) is 4.18. The van der Waals surface area contributed by atoms with Gasteiger partial charge in [0.15, 0.2) is 0 Å². The van der Waals surface area contributed by atoms with Crippen molar-refractivity contribution in [3.05, 3.63) is 59.9 Å². The summed E-state index contributed by atoms with van der Waals surface area (Å²) >= 11 is 0. The number of nitrogens with one attached hydrogen (secondary N) is 1. The van der Waals surface area contributed by atoms with Crippen LogP contribution in [0.1, 0.15) is 56.8 Å². The van der Waals surface area contributed by atoms with Crippen LogP contribution in [0.15, 0.2) is 48.7 Å². The number of amides is 2. The summed E-state index contributed by atoms with van der Waals surface area (Å²) in [5.74, 6) is -0.0545. The Morgan fingerprint density at radius 2 is 1.96 bits per heavy atom. The number of aromatic nitrogens is 1. The molecule has 2 amide bonds. The van der Waals surface area contributed by atoms with Crippen LogP contribution in [0.5, 0.6) is 0 Å². The normalized spacial score (nSPS) is 19.0. The molecule has 1 aromatic heterocycles. The molecule has 2 heterocycles. The van der Waals surface area contributed by atoms with Crippen molar-refractivity contribution in [2.45, 2.75) is 45.6 Å². The van der Waals surface area contributed by atoms with Crippen LogP contribution in [0.3, 0.4) is 0 Å². The smallest absolute Gasteiger partial charge is 0.227 e. The lowest BCUT2D eigenvalue weighted by Crippen LogP contribution is -2.35. The van der Waals surface area contributed by atoms with Crippen molar-refractivity contribution in [3.8, 4) is 0 Å². The zero-order chi connectivity index (χ0) is 19.4. The Labute approximate surface area is 160 Å². The molecule has 0 radical (unpaired) electrons. The monoisotopic (exact) mass is 365 g/mol. The third-order valence-electron chi connectivity index (χ3n) is 5.36. The second-order valence-electron chi connectivity index (χ2n) is 7.26. The summed E-state index contributed by atoms with van der Waals surface area (Å²) in [7, 11) is 0. The Bertz CT molecular complexity index is 806. The number of nitrogens with zero attached hydrogens (tertiary/aromatic N) is 2. The molecule has 0 bridgehead atoms. The lowest BCUT2D eigenvalue weighted by Gasteiger charge is -2.23. The Morgan fingerprint density at radius 1 is 1.22 bits per heavy atom. The van der Waals surface area contributed by atoms with E-state index >= 15 is 0 Å². The van der Waals surface area contributed by atoms with Crippen LogP contribution < -0.4 is 10.2 Å². The van der Waals surface area contributed by atoms with Crippen LogP contribution in [0.4, 0.5) is 5.69 Å². The zero-order valence-electron chi connectivity index (χ0n) is 16.2. The predicted molar refractivity (Wildman–Crippen MR) is 106 cm³/mol. The molecule has 1 fully saturated rings. The first-order chi connectivity index (χ1) is 13.0. The molecule has 3 rings (SSSR count). The van der Waals surface area contributed by atoms with Gasteiger partial charge < -0.3 is 10.2 Å². The number of anilines is 1. The van der Waals surface area contributed by atoms with E-state index in [1.807, 2.05) is 43.3 Å². The Balaban J connectivity index is 1.71. The van der Waals surface area contributed by atoms with Gasteiger partial charge in [0.25, 0.3) is 0 Å². The molecular weight excluding hydrogens is 338 g/mol. The highest BCUT2D eigenvalue weighted by molar-refractivity contribution is 6.01. The molecule has 142 valence electrons. The van der Waals surface area contributed by atoms with E-state index in [0.717, 1.165) is 23.4 Å². The summed E-state index contributed by atoms with van der Waals surface area (Å²) < 4.78 is 0. The number of carbonyl (C=O) groups is 2. The molecule has 5 heteroatoms. The summed E-state index contributed by atoms with van der Waals surface area (Å²) in [5.41, 5.74) is 2.91. The largest absolute Gasteiger partial charge is 0.348 e. The molecule has 5 nitrogen and oxygen atoms in total. The highest BCUT2D eigenvalue weighted by Crippen LogP contribution is 2.33. The average Bonchev–Trinajstić information content (AvgIpc) is 3.09. The van der Waals surface area contributed by atoms with Crippen molar-refractivity contribution in [1.29, 1.82) is 0 Å². The van der Waals surface area contributed by atoms with Crippen molar-refractivity contribution < 1.29 is 9.59 Å². The summed E-state index contributed by atoms with van der Waals surface area (Å²) in [6.07, 6.45) is 2.96. The zero-order valence-corrected chi connectivity index (χ0v) is 16.2. The highest BCUT2D eigenvalue weighted by atomic mass is 16.2. The van der Waals surface area contributed by atoms with Gasteiger partial charge in [-0.3, -0.25) is 14.6 Å². The molecule has 0 spiro atoms. The van der Waals surface area contributed by atoms with Crippen molar-refractivity contribution in [3.63, 3.8) is 0 Å². The Kier molecular flexibility index (Phi) is 5.89. The first-order valence-corrected chi connectivity index (χ1v) is 9.61. The molecule has 1 aliphatic heterocycles. The van der Waals surface area contributed by atoms with Gasteiger partial charge in [0.2, 0.25) is 11.8 Å². The summed E-state index contributed by atoms with van der Waals surface area (Å²) in [6, 6.07) is 13.5. The van der Waals surface area contributed by atoms with Gasteiger partial charge in [-0.15, -0.1) is 0 Å². The SMILES string of the molecule is CCC(C)c1ccccc1N1CC(C(=O)NC(C)c2ccccn2)CC1=O. The van der Waals surface area contributed by atoms with Crippen molar-refractivity contribution in [2.24, 2.45) is 5.92 Å². The molecular formula is C22H27N3O2. The second kappa shape index (κ2) is 8.33. The van der Waals surface area contributed by atoms with Gasteiger partial charge in [0.1, 0.15) is 0 Å². The lowest BCUT2D eigenvalue weighted by molar-refractivity contribution is -0.126. The summed E-state index contributed by atoms with van der Waals surface area (Å²) in [6.45, 7) is 6.64. The van der Waals surface area contributed by atoms with Gasteiger partial charge in [-0.1, -0.05) is 38.1 Å². The lowest BCUT2D eigenvalue weighted by atomic mass is 9.96. The van der Waals surface area contributed by atoms with Gasteiger partial charge in [-0.2, -0.15) is 0 Å². The molecule has 1 aromatic carbocycles. The fourth-order valence-corrected chi connectivity index (χ4v) is 3.52. The number of hydrogen-bond acceptors (Lipinski definition) is 3. The second-order valence-corrected chi connectivity index (χ2v) is 7.26. The molecule has 27 heavy (non-hydrogen) atoms. The quantitative estimate of drug-likeness (QED) is 0.846. The van der Waals surface area contributed by atoms with E-state index in [1.165, 1.54) is 0 Å². The molecule has 3 atom stereocenters. The molecule has 0 aliphatic carbocycles. The fourth-order valence-electron chi connectivity index (χ4n) is 3.52. The number of rotatable bonds is 6. The number of hydrogen-bond donors (Lipinski definition) is 1. The van der Waals surface area contributed by atoms with Crippen LogP contribution in [-0.2, 0) is 9.59 Å². The number of carbonyl (C=O) groups excluding carboxylic acids is 2.